The van der Waals surface area contributed by atoms with Gasteiger partial charge in [-0.1, -0.05) is 12.1 Å². The lowest BCUT2D eigenvalue weighted by molar-refractivity contribution is -0.884. The molecule has 1 aromatic heterocycles. The van der Waals surface area contributed by atoms with E-state index in [1.165, 1.54) is 12.1 Å². The molecule has 1 amide bonds. The van der Waals surface area contributed by atoms with Gasteiger partial charge < -0.3 is 14.8 Å². The molecule has 2 heterocycles. The third-order valence-electron chi connectivity index (χ3n) is 4.75. The summed E-state index contributed by atoms with van der Waals surface area (Å²) in [5, 5.41) is 2.78. The lowest BCUT2D eigenvalue weighted by Gasteiger charge is -2.22. The zero-order valence-corrected chi connectivity index (χ0v) is 14.6. The molecule has 1 aliphatic rings. The average Bonchev–Trinajstić information content (AvgIpc) is 2.85. The van der Waals surface area contributed by atoms with Crippen molar-refractivity contribution in [3.05, 3.63) is 58.7 Å². The molecule has 0 spiro atoms. The second kappa shape index (κ2) is 7.19. The maximum Gasteiger partial charge on any atom is 0.275 e. The maximum absolute atomic E-state index is 13.1. The smallest absolute Gasteiger partial charge is 0.275 e. The highest BCUT2D eigenvalue weighted by Gasteiger charge is 2.25. The van der Waals surface area contributed by atoms with Crippen LogP contribution in [0, 0.1) is 19.7 Å². The van der Waals surface area contributed by atoms with Gasteiger partial charge in [0.05, 0.1) is 13.1 Å². The summed E-state index contributed by atoms with van der Waals surface area (Å²) in [4.78, 5) is 25.2. The van der Waals surface area contributed by atoms with Crippen LogP contribution in [-0.2, 0) is 11.3 Å². The standard InChI is InChI=1S/C19H22FN3O2/c1-13-9-17(18(24)11-22-8-7-21-19(25)12-22)14(2)23(13)10-15-3-5-16(20)6-4-15/h3-6,9H,7-8,10-12H2,1-2H3,(H,21,25)/p+1. The fourth-order valence-corrected chi connectivity index (χ4v) is 3.33. The molecule has 1 saturated heterocycles. The van der Waals surface area contributed by atoms with Gasteiger partial charge >= 0.3 is 0 Å². The molecule has 2 N–H and O–H groups in total. The van der Waals surface area contributed by atoms with Gasteiger partial charge in [0.1, 0.15) is 12.4 Å². The number of nitrogens with one attached hydrogen (secondary N) is 2. The number of halogens is 1. The number of rotatable bonds is 5. The first-order valence-electron chi connectivity index (χ1n) is 8.48. The van der Waals surface area contributed by atoms with Crippen LogP contribution in [0.25, 0.3) is 0 Å². The number of Topliss-reactive ketones (excluding diaryl/α,β-unsaturated/α-hetero) is 1. The van der Waals surface area contributed by atoms with E-state index in [1.807, 2.05) is 19.9 Å². The van der Waals surface area contributed by atoms with Gasteiger partial charge in [0.25, 0.3) is 5.91 Å². The number of aromatic nitrogens is 1. The van der Waals surface area contributed by atoms with Gasteiger partial charge in [-0.05, 0) is 37.6 Å². The summed E-state index contributed by atoms with van der Waals surface area (Å²) >= 11 is 0. The van der Waals surface area contributed by atoms with E-state index in [0.29, 0.717) is 31.7 Å². The Balaban J connectivity index is 1.75. The van der Waals surface area contributed by atoms with Gasteiger partial charge in [-0.2, -0.15) is 0 Å². The second-order valence-electron chi connectivity index (χ2n) is 6.62. The molecule has 0 radical (unpaired) electrons. The molecule has 25 heavy (non-hydrogen) atoms. The molecule has 6 heteroatoms. The number of hydrogen-bond donors (Lipinski definition) is 2. The molecule has 1 aromatic carbocycles. The Kier molecular flexibility index (Phi) is 4.99. The van der Waals surface area contributed by atoms with E-state index in [4.69, 9.17) is 0 Å². The molecule has 1 unspecified atom stereocenters. The number of carbonyl (C=O) groups excluding carboxylic acids is 2. The van der Waals surface area contributed by atoms with E-state index in [9.17, 15) is 14.0 Å². The van der Waals surface area contributed by atoms with E-state index in [-0.39, 0.29) is 17.5 Å². The SMILES string of the molecule is Cc1cc(C(=O)C[NH+]2CCNC(=O)C2)c(C)n1Cc1ccc(F)cc1. The van der Waals surface area contributed by atoms with Crippen LogP contribution in [0.2, 0.25) is 0 Å². The number of hydrogen-bond acceptors (Lipinski definition) is 2. The van der Waals surface area contributed by atoms with Crippen molar-refractivity contribution in [3.63, 3.8) is 0 Å². The third kappa shape index (κ3) is 3.96. The van der Waals surface area contributed by atoms with Gasteiger partial charge in [-0.15, -0.1) is 0 Å². The average molecular weight is 344 g/mol. The fraction of sp³-hybridized carbons (Fsp3) is 0.368. The summed E-state index contributed by atoms with van der Waals surface area (Å²) in [5.41, 5.74) is 3.60. The van der Waals surface area contributed by atoms with Crippen LogP contribution in [-0.4, -0.2) is 42.4 Å². The minimum atomic E-state index is -0.255. The van der Waals surface area contributed by atoms with Crippen LogP contribution in [0.4, 0.5) is 4.39 Å². The number of piperazine rings is 1. The quantitative estimate of drug-likeness (QED) is 0.776. The molecule has 0 bridgehead atoms. The first-order chi connectivity index (χ1) is 11.9. The largest absolute Gasteiger partial charge is 0.346 e. The number of aryl methyl sites for hydroxylation is 1. The fourth-order valence-electron chi connectivity index (χ4n) is 3.33. The van der Waals surface area contributed by atoms with Crippen molar-refractivity contribution in [2.75, 3.05) is 26.2 Å². The van der Waals surface area contributed by atoms with E-state index in [0.717, 1.165) is 28.4 Å². The highest BCUT2D eigenvalue weighted by atomic mass is 19.1. The Morgan fingerprint density at radius 1 is 1.28 bits per heavy atom. The number of quaternary nitrogens is 1. The number of ketones is 1. The van der Waals surface area contributed by atoms with E-state index in [2.05, 4.69) is 9.88 Å². The van der Waals surface area contributed by atoms with Crippen molar-refractivity contribution >= 4 is 11.7 Å². The van der Waals surface area contributed by atoms with Crippen molar-refractivity contribution in [1.82, 2.24) is 9.88 Å². The molecular formula is C19H23FN3O2+. The lowest BCUT2D eigenvalue weighted by atomic mass is 10.1. The van der Waals surface area contributed by atoms with Crippen LogP contribution >= 0.6 is 0 Å². The van der Waals surface area contributed by atoms with Gasteiger partial charge in [0, 0.05) is 23.5 Å². The predicted molar refractivity (Wildman–Crippen MR) is 92.3 cm³/mol. The molecular weight excluding hydrogens is 321 g/mol. The Hall–Kier alpha value is -2.47. The Labute approximate surface area is 146 Å². The summed E-state index contributed by atoms with van der Waals surface area (Å²) in [7, 11) is 0. The predicted octanol–water partition coefficient (Wildman–Crippen LogP) is 0.490. The number of nitrogens with zero attached hydrogens (tertiary/aromatic N) is 1. The maximum atomic E-state index is 13.1. The van der Waals surface area contributed by atoms with Crippen LogP contribution in [0.1, 0.15) is 27.3 Å². The normalized spacial score (nSPS) is 17.4. The molecule has 1 aliphatic heterocycles. The van der Waals surface area contributed by atoms with Crippen molar-refractivity contribution in [2.45, 2.75) is 20.4 Å². The molecule has 0 aliphatic carbocycles. The third-order valence-corrected chi connectivity index (χ3v) is 4.75. The zero-order valence-electron chi connectivity index (χ0n) is 14.6. The Morgan fingerprint density at radius 2 is 2.00 bits per heavy atom. The second-order valence-corrected chi connectivity index (χ2v) is 6.62. The lowest BCUT2D eigenvalue weighted by Crippen LogP contribution is -3.16. The Morgan fingerprint density at radius 3 is 2.68 bits per heavy atom. The van der Waals surface area contributed by atoms with Crippen LogP contribution < -0.4 is 10.2 Å². The van der Waals surface area contributed by atoms with Gasteiger partial charge in [-0.25, -0.2) is 4.39 Å². The highest BCUT2D eigenvalue weighted by molar-refractivity contribution is 5.98. The summed E-state index contributed by atoms with van der Waals surface area (Å²) in [5.74, 6) is -0.201. The summed E-state index contributed by atoms with van der Waals surface area (Å²) in [6, 6.07) is 8.31. The van der Waals surface area contributed by atoms with Crippen molar-refractivity contribution in [3.8, 4) is 0 Å². The summed E-state index contributed by atoms with van der Waals surface area (Å²) in [6.07, 6.45) is 0. The number of benzene rings is 1. The summed E-state index contributed by atoms with van der Waals surface area (Å²) in [6.45, 7) is 6.56. The monoisotopic (exact) mass is 344 g/mol. The van der Waals surface area contributed by atoms with E-state index in [1.54, 1.807) is 12.1 Å². The molecule has 1 atom stereocenters. The molecule has 3 rings (SSSR count). The first kappa shape index (κ1) is 17.4. The molecule has 132 valence electrons. The zero-order chi connectivity index (χ0) is 18.0. The number of amides is 1. The van der Waals surface area contributed by atoms with Crippen molar-refractivity contribution < 1.29 is 18.9 Å². The number of carbonyl (C=O) groups is 2. The molecule has 5 nitrogen and oxygen atoms in total. The summed E-state index contributed by atoms with van der Waals surface area (Å²) < 4.78 is 15.1. The van der Waals surface area contributed by atoms with Crippen molar-refractivity contribution in [2.24, 2.45) is 0 Å². The molecule has 0 saturated carbocycles. The van der Waals surface area contributed by atoms with Gasteiger partial charge in [-0.3, -0.25) is 9.59 Å². The molecule has 1 fully saturated rings. The van der Waals surface area contributed by atoms with Gasteiger partial charge in [0.15, 0.2) is 6.54 Å². The van der Waals surface area contributed by atoms with Crippen molar-refractivity contribution in [1.29, 1.82) is 0 Å². The van der Waals surface area contributed by atoms with E-state index < -0.39 is 0 Å². The van der Waals surface area contributed by atoms with Crippen LogP contribution in [0.3, 0.4) is 0 Å². The molecule has 2 aromatic rings. The van der Waals surface area contributed by atoms with Crippen LogP contribution in [0.15, 0.2) is 30.3 Å². The highest BCUT2D eigenvalue weighted by Crippen LogP contribution is 2.17. The minimum absolute atomic E-state index is 0.00386. The Bertz CT molecular complexity index is 796. The van der Waals surface area contributed by atoms with Gasteiger partial charge in [0.2, 0.25) is 5.78 Å². The topological polar surface area (TPSA) is 55.5 Å². The minimum Gasteiger partial charge on any atom is -0.346 e. The van der Waals surface area contributed by atoms with E-state index >= 15 is 0 Å². The first-order valence-corrected chi connectivity index (χ1v) is 8.48. The van der Waals surface area contributed by atoms with Crippen LogP contribution in [0.5, 0.6) is 0 Å².